The number of imide groups is 2. The summed E-state index contributed by atoms with van der Waals surface area (Å²) in [5.74, 6) is -1.98. The smallest absolute Gasteiger partial charge is 0.332 e. The third-order valence-electron chi connectivity index (χ3n) is 6.87. The van der Waals surface area contributed by atoms with Crippen LogP contribution >= 0.6 is 0 Å². The zero-order valence-electron chi connectivity index (χ0n) is 18.7. The largest absolute Gasteiger partial charge is 0.377 e. The summed E-state index contributed by atoms with van der Waals surface area (Å²) in [5.41, 5.74) is 0.797. The molecule has 10 heteroatoms. The van der Waals surface area contributed by atoms with Gasteiger partial charge in [0.1, 0.15) is 5.82 Å². The molecule has 2 aromatic rings. The summed E-state index contributed by atoms with van der Waals surface area (Å²) in [6.07, 6.45) is 0.0622. The summed E-state index contributed by atoms with van der Waals surface area (Å²) in [5, 5.41) is 2.79. The second-order valence-electron chi connectivity index (χ2n) is 8.75. The van der Waals surface area contributed by atoms with Crippen LogP contribution in [0.4, 0.5) is 20.6 Å². The lowest BCUT2D eigenvalue weighted by Gasteiger charge is -2.54. The third kappa shape index (κ3) is 3.17. The van der Waals surface area contributed by atoms with E-state index in [0.717, 1.165) is 15.5 Å². The second-order valence-corrected chi connectivity index (χ2v) is 8.75. The van der Waals surface area contributed by atoms with Crippen molar-refractivity contribution in [2.45, 2.75) is 12.5 Å². The first-order valence-corrected chi connectivity index (χ1v) is 10.9. The highest BCUT2D eigenvalue weighted by Gasteiger charge is 2.63. The highest BCUT2D eigenvalue weighted by atomic mass is 19.1. The zero-order chi connectivity index (χ0) is 24.2. The van der Waals surface area contributed by atoms with Gasteiger partial charge in [-0.15, -0.1) is 0 Å². The molecule has 1 N–H and O–H groups in total. The van der Waals surface area contributed by atoms with Gasteiger partial charge in [-0.2, -0.15) is 0 Å². The Bertz CT molecular complexity index is 1190. The van der Waals surface area contributed by atoms with Crippen molar-refractivity contribution in [1.29, 1.82) is 0 Å². The van der Waals surface area contributed by atoms with Gasteiger partial charge >= 0.3 is 6.03 Å². The number of barbiturate groups is 1. The molecular weight excluding hydrogens is 443 g/mol. The number of carbonyl (C=O) groups excluding carboxylic acids is 4. The fraction of sp³-hybridized carbons (Fsp3) is 0.333. The van der Waals surface area contributed by atoms with Crippen molar-refractivity contribution in [3.8, 4) is 0 Å². The quantitative estimate of drug-likeness (QED) is 0.679. The lowest BCUT2D eigenvalue weighted by Crippen LogP contribution is -2.73. The minimum absolute atomic E-state index is 0.0622. The summed E-state index contributed by atoms with van der Waals surface area (Å²) < 4.78 is 18.8. The molecule has 1 unspecified atom stereocenters. The van der Waals surface area contributed by atoms with Crippen LogP contribution in [0.2, 0.25) is 0 Å². The number of benzene rings is 2. The number of carbonyl (C=O) groups is 4. The number of rotatable bonds is 2. The Morgan fingerprint density at radius 1 is 1.06 bits per heavy atom. The van der Waals surface area contributed by atoms with Gasteiger partial charge in [0.15, 0.2) is 5.41 Å². The van der Waals surface area contributed by atoms with Gasteiger partial charge in [-0.1, -0.05) is 0 Å². The molecule has 3 aliphatic rings. The number of fused-ring (bicyclic) bond motifs is 4. The predicted molar refractivity (Wildman–Crippen MR) is 120 cm³/mol. The molecule has 2 fully saturated rings. The molecule has 5 amide bonds. The Labute approximate surface area is 195 Å². The van der Waals surface area contributed by atoms with E-state index in [4.69, 9.17) is 4.74 Å². The highest BCUT2D eigenvalue weighted by molar-refractivity contribution is 6.20. The van der Waals surface area contributed by atoms with Gasteiger partial charge in [0.25, 0.3) is 5.91 Å². The van der Waals surface area contributed by atoms with E-state index in [-0.39, 0.29) is 13.0 Å². The Morgan fingerprint density at radius 2 is 1.74 bits per heavy atom. The van der Waals surface area contributed by atoms with E-state index in [1.807, 2.05) is 11.0 Å². The normalized spacial score (nSPS) is 21.4. The summed E-state index contributed by atoms with van der Waals surface area (Å²) in [6, 6.07) is 9.28. The van der Waals surface area contributed by atoms with Gasteiger partial charge in [-0.05, 0) is 54.4 Å². The van der Waals surface area contributed by atoms with E-state index in [9.17, 15) is 23.6 Å². The van der Waals surface area contributed by atoms with Crippen molar-refractivity contribution in [2.75, 3.05) is 44.1 Å². The molecule has 1 spiro atoms. The molecule has 3 heterocycles. The maximum atomic E-state index is 13.5. The van der Waals surface area contributed by atoms with Crippen molar-refractivity contribution in [2.24, 2.45) is 5.41 Å². The van der Waals surface area contributed by atoms with E-state index in [1.165, 1.54) is 38.4 Å². The fourth-order valence-corrected chi connectivity index (χ4v) is 5.13. The number of amides is 5. The predicted octanol–water partition coefficient (Wildman–Crippen LogP) is 1.88. The van der Waals surface area contributed by atoms with Crippen LogP contribution in [0.5, 0.6) is 0 Å². The number of hydrogen-bond acceptors (Lipinski definition) is 6. The molecule has 0 bridgehead atoms. The number of nitrogens with one attached hydrogen (secondary N) is 1. The summed E-state index contributed by atoms with van der Waals surface area (Å²) in [4.78, 5) is 56.0. The maximum Gasteiger partial charge on any atom is 0.332 e. The van der Waals surface area contributed by atoms with Crippen molar-refractivity contribution in [3.63, 3.8) is 0 Å². The topological polar surface area (TPSA) is 99.3 Å². The minimum Gasteiger partial charge on any atom is -0.377 e. The summed E-state index contributed by atoms with van der Waals surface area (Å²) >= 11 is 0. The first-order chi connectivity index (χ1) is 16.2. The van der Waals surface area contributed by atoms with Gasteiger partial charge in [0, 0.05) is 37.6 Å². The van der Waals surface area contributed by atoms with E-state index >= 15 is 0 Å². The first kappa shape index (κ1) is 22.0. The third-order valence-corrected chi connectivity index (χ3v) is 6.87. The lowest BCUT2D eigenvalue weighted by molar-refractivity contribution is -0.161. The number of morpholine rings is 1. The number of nitrogens with zero attached hydrogens (tertiary/aromatic N) is 3. The van der Waals surface area contributed by atoms with Crippen molar-refractivity contribution < 1.29 is 28.3 Å². The van der Waals surface area contributed by atoms with Gasteiger partial charge in [-0.25, -0.2) is 9.18 Å². The Morgan fingerprint density at radius 3 is 2.41 bits per heavy atom. The zero-order valence-corrected chi connectivity index (χ0v) is 18.7. The molecule has 0 aromatic heterocycles. The summed E-state index contributed by atoms with van der Waals surface area (Å²) in [6.45, 7) is 1.08. The molecule has 2 aromatic carbocycles. The van der Waals surface area contributed by atoms with E-state index in [0.29, 0.717) is 30.0 Å². The number of ether oxygens (including phenoxy) is 1. The molecule has 2 saturated heterocycles. The van der Waals surface area contributed by atoms with Crippen LogP contribution in [0.25, 0.3) is 0 Å². The van der Waals surface area contributed by atoms with Gasteiger partial charge in [-0.3, -0.25) is 24.2 Å². The molecule has 9 nitrogen and oxygen atoms in total. The fourth-order valence-electron chi connectivity index (χ4n) is 5.13. The number of anilines is 2. The highest BCUT2D eigenvalue weighted by Crippen LogP contribution is 2.47. The van der Waals surface area contributed by atoms with Crippen molar-refractivity contribution in [3.05, 3.63) is 59.4 Å². The van der Waals surface area contributed by atoms with Gasteiger partial charge < -0.3 is 15.0 Å². The summed E-state index contributed by atoms with van der Waals surface area (Å²) in [7, 11) is 2.75. The van der Waals surface area contributed by atoms with Crippen molar-refractivity contribution in [1.82, 2.24) is 9.80 Å². The van der Waals surface area contributed by atoms with Crippen LogP contribution in [0.3, 0.4) is 0 Å². The Balaban J connectivity index is 1.54. The van der Waals surface area contributed by atoms with Crippen LogP contribution in [0.15, 0.2) is 42.5 Å². The average molecular weight is 466 g/mol. The molecule has 34 heavy (non-hydrogen) atoms. The molecule has 0 aliphatic carbocycles. The SMILES string of the molecule is CN1C(=O)N(C)C(=O)C2(Cc3cc(NC(=O)c4ccc(F)cc4)ccc3N3CCOCC32)C1=O. The molecular formula is C24H23FN4O5. The molecule has 1 atom stereocenters. The molecule has 3 aliphatic heterocycles. The van der Waals surface area contributed by atoms with Crippen LogP contribution in [0, 0.1) is 11.2 Å². The van der Waals surface area contributed by atoms with Crippen LogP contribution in [-0.4, -0.2) is 73.4 Å². The van der Waals surface area contributed by atoms with Crippen LogP contribution < -0.4 is 10.2 Å². The Kier molecular flexibility index (Phi) is 5.12. The molecule has 0 saturated carbocycles. The maximum absolute atomic E-state index is 13.5. The lowest BCUT2D eigenvalue weighted by atomic mass is 9.68. The number of halogens is 1. The molecule has 176 valence electrons. The van der Waals surface area contributed by atoms with E-state index in [1.54, 1.807) is 12.1 Å². The van der Waals surface area contributed by atoms with Gasteiger partial charge in [0.05, 0.1) is 19.3 Å². The molecule has 0 radical (unpaired) electrons. The number of urea groups is 1. The van der Waals surface area contributed by atoms with E-state index in [2.05, 4.69) is 5.32 Å². The minimum atomic E-state index is -1.52. The standard InChI is InChI=1S/C24H23FN4O5/c1-27-21(31)24(22(32)28(2)23(27)33)12-15-11-17(26-20(30)14-3-5-16(25)6-4-14)7-8-18(15)29-9-10-34-13-19(24)29/h3-8,11,19H,9-10,12-13H2,1-2H3,(H,26,30). The molecule has 5 rings (SSSR count). The van der Waals surface area contributed by atoms with Crippen LogP contribution in [-0.2, 0) is 20.7 Å². The van der Waals surface area contributed by atoms with Crippen LogP contribution in [0.1, 0.15) is 15.9 Å². The van der Waals surface area contributed by atoms with Crippen molar-refractivity contribution >= 4 is 35.1 Å². The monoisotopic (exact) mass is 466 g/mol. The first-order valence-electron chi connectivity index (χ1n) is 10.9. The Hall–Kier alpha value is -3.79. The number of hydrogen-bond donors (Lipinski definition) is 1. The average Bonchev–Trinajstić information content (AvgIpc) is 2.85. The van der Waals surface area contributed by atoms with Gasteiger partial charge in [0.2, 0.25) is 11.8 Å². The second kappa shape index (κ2) is 7.91. The van der Waals surface area contributed by atoms with E-state index < -0.39 is 41.0 Å².